The third kappa shape index (κ3) is 5.88. The SMILES string of the molecule is CS(=O)(=O)c1cccc(NC(=O)COC(=O)Cc2ccccc2Cl)c1. The van der Waals surface area contributed by atoms with Crippen LogP contribution in [0.1, 0.15) is 5.56 Å². The molecule has 1 amide bonds. The van der Waals surface area contributed by atoms with E-state index >= 15 is 0 Å². The first-order valence-corrected chi connectivity index (χ1v) is 9.51. The molecule has 0 aliphatic heterocycles. The Hall–Kier alpha value is -2.38. The topological polar surface area (TPSA) is 89.5 Å². The molecule has 25 heavy (non-hydrogen) atoms. The molecule has 0 atom stereocenters. The zero-order valence-electron chi connectivity index (χ0n) is 13.4. The zero-order valence-corrected chi connectivity index (χ0v) is 14.9. The van der Waals surface area contributed by atoms with E-state index in [0.29, 0.717) is 16.3 Å². The largest absolute Gasteiger partial charge is 0.455 e. The first kappa shape index (κ1) is 19.0. The zero-order chi connectivity index (χ0) is 18.4. The number of ether oxygens (including phenoxy) is 1. The standard InChI is InChI=1S/C17H16ClNO5S/c1-25(22,23)14-7-4-6-13(10-14)19-16(20)11-24-17(21)9-12-5-2-3-8-15(12)18/h2-8,10H,9,11H2,1H3,(H,19,20). The van der Waals surface area contributed by atoms with Crippen LogP contribution in [0.4, 0.5) is 5.69 Å². The van der Waals surface area contributed by atoms with Crippen molar-refractivity contribution in [3.8, 4) is 0 Å². The molecule has 0 fully saturated rings. The number of hydrogen-bond acceptors (Lipinski definition) is 5. The van der Waals surface area contributed by atoms with Crippen molar-refractivity contribution >= 4 is 39.0 Å². The molecule has 8 heteroatoms. The normalized spacial score (nSPS) is 11.0. The highest BCUT2D eigenvalue weighted by Gasteiger charge is 2.12. The number of anilines is 1. The Morgan fingerprint density at radius 3 is 2.52 bits per heavy atom. The van der Waals surface area contributed by atoms with Crippen LogP contribution in [0.3, 0.4) is 0 Å². The predicted octanol–water partition coefficient (Wildman–Crippen LogP) is 2.47. The van der Waals surface area contributed by atoms with Gasteiger partial charge in [0.15, 0.2) is 16.4 Å². The quantitative estimate of drug-likeness (QED) is 0.776. The van der Waals surface area contributed by atoms with Gasteiger partial charge in [-0.05, 0) is 29.8 Å². The molecule has 2 rings (SSSR count). The predicted molar refractivity (Wildman–Crippen MR) is 94.3 cm³/mol. The molecule has 0 spiro atoms. The highest BCUT2D eigenvalue weighted by molar-refractivity contribution is 7.90. The second-order valence-electron chi connectivity index (χ2n) is 5.28. The Morgan fingerprint density at radius 2 is 1.84 bits per heavy atom. The fraction of sp³-hybridized carbons (Fsp3) is 0.176. The van der Waals surface area contributed by atoms with Crippen LogP contribution in [0.15, 0.2) is 53.4 Å². The van der Waals surface area contributed by atoms with Crippen LogP contribution < -0.4 is 5.32 Å². The summed E-state index contributed by atoms with van der Waals surface area (Å²) in [5.41, 5.74) is 0.908. The second-order valence-corrected chi connectivity index (χ2v) is 7.70. The van der Waals surface area contributed by atoms with E-state index in [1.54, 1.807) is 24.3 Å². The Kier molecular flexibility index (Phi) is 6.17. The Bertz CT molecular complexity index is 895. The molecular weight excluding hydrogens is 366 g/mol. The fourth-order valence-corrected chi connectivity index (χ4v) is 2.87. The van der Waals surface area contributed by atoms with E-state index in [9.17, 15) is 18.0 Å². The van der Waals surface area contributed by atoms with Crippen molar-refractivity contribution in [1.29, 1.82) is 0 Å². The lowest BCUT2D eigenvalue weighted by atomic mass is 10.1. The molecule has 0 saturated heterocycles. The summed E-state index contributed by atoms with van der Waals surface area (Å²) in [4.78, 5) is 23.7. The first-order chi connectivity index (χ1) is 11.8. The smallest absolute Gasteiger partial charge is 0.310 e. The number of benzene rings is 2. The molecule has 0 heterocycles. The van der Waals surface area contributed by atoms with Crippen molar-refractivity contribution in [2.45, 2.75) is 11.3 Å². The third-order valence-electron chi connectivity index (χ3n) is 3.20. The van der Waals surface area contributed by atoms with Gasteiger partial charge in [-0.15, -0.1) is 0 Å². The molecule has 2 aromatic rings. The molecule has 0 aliphatic carbocycles. The number of nitrogens with one attached hydrogen (secondary N) is 1. The monoisotopic (exact) mass is 381 g/mol. The summed E-state index contributed by atoms with van der Waals surface area (Å²) in [6.07, 6.45) is 1.03. The van der Waals surface area contributed by atoms with Crippen molar-refractivity contribution in [2.24, 2.45) is 0 Å². The molecule has 132 valence electrons. The van der Waals surface area contributed by atoms with Gasteiger partial charge >= 0.3 is 5.97 Å². The molecule has 0 aliphatic rings. The summed E-state index contributed by atoms with van der Waals surface area (Å²) >= 11 is 5.95. The van der Waals surface area contributed by atoms with Crippen molar-refractivity contribution < 1.29 is 22.7 Å². The van der Waals surface area contributed by atoms with Crippen LogP contribution in [0.2, 0.25) is 5.02 Å². The maximum absolute atomic E-state index is 11.8. The molecule has 0 bridgehead atoms. The minimum Gasteiger partial charge on any atom is -0.455 e. The van der Waals surface area contributed by atoms with Crippen molar-refractivity contribution in [2.75, 3.05) is 18.2 Å². The second kappa shape index (κ2) is 8.13. The van der Waals surface area contributed by atoms with Crippen molar-refractivity contribution in [3.63, 3.8) is 0 Å². The minimum absolute atomic E-state index is 0.0451. The summed E-state index contributed by atoms with van der Waals surface area (Å²) in [5.74, 6) is -1.16. The Morgan fingerprint density at radius 1 is 1.12 bits per heavy atom. The lowest BCUT2D eigenvalue weighted by Gasteiger charge is -2.08. The number of carbonyl (C=O) groups excluding carboxylic acids is 2. The van der Waals surface area contributed by atoms with Gasteiger partial charge in [0, 0.05) is 17.0 Å². The molecule has 1 N–H and O–H groups in total. The van der Waals surface area contributed by atoms with Gasteiger partial charge < -0.3 is 10.1 Å². The molecule has 0 aromatic heterocycles. The van der Waals surface area contributed by atoms with Gasteiger partial charge in [0.25, 0.3) is 5.91 Å². The average molecular weight is 382 g/mol. The van der Waals surface area contributed by atoms with Gasteiger partial charge in [-0.25, -0.2) is 8.42 Å². The van der Waals surface area contributed by atoms with Crippen molar-refractivity contribution in [1.82, 2.24) is 0 Å². The van der Waals surface area contributed by atoms with Crippen LogP contribution in [0.5, 0.6) is 0 Å². The average Bonchev–Trinajstić information content (AvgIpc) is 2.55. The maximum atomic E-state index is 11.8. The van der Waals surface area contributed by atoms with Gasteiger partial charge in [-0.1, -0.05) is 35.9 Å². The van der Waals surface area contributed by atoms with E-state index in [1.807, 2.05) is 0 Å². The number of esters is 1. The first-order valence-electron chi connectivity index (χ1n) is 7.25. The van der Waals surface area contributed by atoms with Gasteiger partial charge in [0.2, 0.25) is 0 Å². The summed E-state index contributed by atoms with van der Waals surface area (Å²) in [6, 6.07) is 12.7. The van der Waals surface area contributed by atoms with Gasteiger partial charge in [0.1, 0.15) is 0 Å². The van der Waals surface area contributed by atoms with E-state index in [4.69, 9.17) is 16.3 Å². The number of amides is 1. The number of rotatable bonds is 6. The Balaban J connectivity index is 1.89. The van der Waals surface area contributed by atoms with E-state index in [2.05, 4.69) is 5.32 Å². The van der Waals surface area contributed by atoms with Crippen LogP contribution in [-0.2, 0) is 30.6 Å². The lowest BCUT2D eigenvalue weighted by molar-refractivity contribution is -0.146. The number of halogens is 1. The van der Waals surface area contributed by atoms with E-state index < -0.39 is 28.3 Å². The van der Waals surface area contributed by atoms with Gasteiger partial charge in [-0.2, -0.15) is 0 Å². The van der Waals surface area contributed by atoms with Crippen LogP contribution in [0, 0.1) is 0 Å². The summed E-state index contributed by atoms with van der Waals surface area (Å²) in [7, 11) is -3.37. The van der Waals surface area contributed by atoms with Crippen LogP contribution >= 0.6 is 11.6 Å². The molecule has 6 nitrogen and oxygen atoms in total. The molecule has 0 saturated carbocycles. The van der Waals surface area contributed by atoms with Crippen LogP contribution in [-0.4, -0.2) is 33.2 Å². The molecule has 2 aromatic carbocycles. The summed E-state index contributed by atoms with van der Waals surface area (Å²) in [6.45, 7) is -0.480. The lowest BCUT2D eigenvalue weighted by Crippen LogP contribution is -2.21. The maximum Gasteiger partial charge on any atom is 0.310 e. The number of hydrogen-bond donors (Lipinski definition) is 1. The fourth-order valence-electron chi connectivity index (χ4n) is 2.00. The Labute approximate surface area is 150 Å². The van der Waals surface area contributed by atoms with Crippen molar-refractivity contribution in [3.05, 3.63) is 59.1 Å². The summed E-state index contributed by atoms with van der Waals surface area (Å²) < 4.78 is 27.9. The van der Waals surface area contributed by atoms with E-state index in [0.717, 1.165) is 6.26 Å². The highest BCUT2D eigenvalue weighted by Crippen LogP contribution is 2.16. The molecule has 0 radical (unpaired) electrons. The summed E-state index contributed by atoms with van der Waals surface area (Å²) in [5, 5.41) is 2.92. The molecule has 0 unspecified atom stereocenters. The number of carbonyl (C=O) groups is 2. The highest BCUT2D eigenvalue weighted by atomic mass is 35.5. The van der Waals surface area contributed by atoms with E-state index in [-0.39, 0.29) is 11.3 Å². The van der Waals surface area contributed by atoms with Gasteiger partial charge in [-0.3, -0.25) is 9.59 Å². The van der Waals surface area contributed by atoms with Gasteiger partial charge in [0.05, 0.1) is 11.3 Å². The minimum atomic E-state index is -3.37. The number of sulfone groups is 1. The van der Waals surface area contributed by atoms with E-state index in [1.165, 1.54) is 24.3 Å². The van der Waals surface area contributed by atoms with Crippen LogP contribution in [0.25, 0.3) is 0 Å². The third-order valence-corrected chi connectivity index (χ3v) is 4.68. The molecular formula is C17H16ClNO5S.